The van der Waals surface area contributed by atoms with Crippen LogP contribution in [0.15, 0.2) is 18.2 Å². The maximum Gasteiger partial charge on any atom is 0.266 e. The molecule has 88 valence electrons. The third kappa shape index (κ3) is 2.04. The maximum absolute atomic E-state index is 13.2. The van der Waals surface area contributed by atoms with E-state index in [0.717, 1.165) is 23.2 Å². The predicted octanol–water partition coefficient (Wildman–Crippen LogP) is 3.40. The van der Waals surface area contributed by atoms with Crippen molar-refractivity contribution in [3.05, 3.63) is 29.3 Å². The van der Waals surface area contributed by atoms with E-state index >= 15 is 0 Å². The fourth-order valence-electron chi connectivity index (χ4n) is 2.38. The minimum atomic E-state index is -2.52. The van der Waals surface area contributed by atoms with E-state index in [1.807, 2.05) is 30.0 Å². The van der Waals surface area contributed by atoms with Gasteiger partial charge in [0.25, 0.3) is 5.92 Å². The van der Waals surface area contributed by atoms with Crippen molar-refractivity contribution in [2.24, 2.45) is 0 Å². The highest BCUT2D eigenvalue weighted by Gasteiger charge is 2.39. The molecule has 0 amide bonds. The van der Waals surface area contributed by atoms with Gasteiger partial charge in [0, 0.05) is 18.7 Å². The summed E-state index contributed by atoms with van der Waals surface area (Å²) in [5, 5.41) is 0. The number of alkyl halides is 2. The first-order chi connectivity index (χ1) is 7.53. The molecule has 1 saturated heterocycles. The Balaban J connectivity index is 2.34. The normalized spacial score (nSPS) is 19.1. The first-order valence-corrected chi connectivity index (χ1v) is 5.75. The van der Waals surface area contributed by atoms with Crippen LogP contribution in [0.3, 0.4) is 0 Å². The Bertz CT molecular complexity index is 388. The number of halogens is 2. The Morgan fingerprint density at radius 1 is 1.38 bits per heavy atom. The average molecular weight is 225 g/mol. The monoisotopic (exact) mass is 225 g/mol. The lowest BCUT2D eigenvalue weighted by Crippen LogP contribution is -2.26. The molecule has 1 aromatic carbocycles. The highest BCUT2D eigenvalue weighted by molar-refractivity contribution is 5.60. The smallest absolute Gasteiger partial charge is 0.266 e. The SMILES string of the molecule is CCc1cccc(C)c1N1CCC(F)(F)C1. The summed E-state index contributed by atoms with van der Waals surface area (Å²) in [7, 11) is 0. The first kappa shape index (κ1) is 11.4. The van der Waals surface area contributed by atoms with Crippen molar-refractivity contribution in [3.63, 3.8) is 0 Å². The van der Waals surface area contributed by atoms with Gasteiger partial charge in [0.1, 0.15) is 0 Å². The largest absolute Gasteiger partial charge is 0.365 e. The quantitative estimate of drug-likeness (QED) is 0.745. The molecule has 2 rings (SSSR count). The third-order valence-electron chi connectivity index (χ3n) is 3.19. The van der Waals surface area contributed by atoms with Crippen LogP contribution in [0.2, 0.25) is 0 Å². The predicted molar refractivity (Wildman–Crippen MR) is 62.3 cm³/mol. The molecule has 1 aliphatic heterocycles. The van der Waals surface area contributed by atoms with E-state index < -0.39 is 5.92 Å². The second-order valence-corrected chi connectivity index (χ2v) is 4.46. The van der Waals surface area contributed by atoms with Crippen molar-refractivity contribution in [2.75, 3.05) is 18.0 Å². The molecule has 0 bridgehead atoms. The Morgan fingerprint density at radius 2 is 2.12 bits per heavy atom. The van der Waals surface area contributed by atoms with Crippen LogP contribution in [0.5, 0.6) is 0 Å². The van der Waals surface area contributed by atoms with E-state index in [-0.39, 0.29) is 13.0 Å². The van der Waals surface area contributed by atoms with Gasteiger partial charge >= 0.3 is 0 Å². The third-order valence-corrected chi connectivity index (χ3v) is 3.19. The van der Waals surface area contributed by atoms with Gasteiger partial charge in [-0.2, -0.15) is 0 Å². The highest BCUT2D eigenvalue weighted by atomic mass is 19.3. The summed E-state index contributed by atoms with van der Waals surface area (Å²) in [6.07, 6.45) is 0.865. The van der Waals surface area contributed by atoms with Crippen LogP contribution in [-0.4, -0.2) is 19.0 Å². The van der Waals surface area contributed by atoms with Crippen molar-refractivity contribution < 1.29 is 8.78 Å². The molecule has 3 heteroatoms. The Kier molecular flexibility index (Phi) is 2.87. The minimum absolute atomic E-state index is 0.0233. The van der Waals surface area contributed by atoms with Crippen LogP contribution in [-0.2, 0) is 6.42 Å². The van der Waals surface area contributed by atoms with Gasteiger partial charge in [0.05, 0.1) is 6.54 Å². The van der Waals surface area contributed by atoms with Crippen LogP contribution in [0, 0.1) is 6.92 Å². The zero-order chi connectivity index (χ0) is 11.8. The lowest BCUT2D eigenvalue weighted by molar-refractivity contribution is 0.0257. The molecule has 0 radical (unpaired) electrons. The molecule has 0 saturated carbocycles. The van der Waals surface area contributed by atoms with Crippen molar-refractivity contribution in [3.8, 4) is 0 Å². The van der Waals surface area contributed by atoms with Crippen LogP contribution in [0.4, 0.5) is 14.5 Å². The van der Waals surface area contributed by atoms with Crippen molar-refractivity contribution >= 4 is 5.69 Å². The standard InChI is InChI=1S/C13H17F2N/c1-3-11-6-4-5-10(2)12(11)16-8-7-13(14,15)9-16/h4-6H,3,7-9H2,1-2H3. The Hall–Kier alpha value is -1.12. The molecular formula is C13H17F2N. The number of anilines is 1. The molecule has 1 fully saturated rings. The second-order valence-electron chi connectivity index (χ2n) is 4.46. The lowest BCUT2D eigenvalue weighted by atomic mass is 10.0. The molecule has 16 heavy (non-hydrogen) atoms. The van der Waals surface area contributed by atoms with E-state index in [1.165, 1.54) is 0 Å². The number of aryl methyl sites for hydroxylation is 2. The van der Waals surface area contributed by atoms with Crippen molar-refractivity contribution in [1.82, 2.24) is 0 Å². The fraction of sp³-hybridized carbons (Fsp3) is 0.538. The van der Waals surface area contributed by atoms with Gasteiger partial charge in [-0.15, -0.1) is 0 Å². The van der Waals surface area contributed by atoms with Gasteiger partial charge in [-0.1, -0.05) is 25.1 Å². The first-order valence-electron chi connectivity index (χ1n) is 5.75. The Morgan fingerprint density at radius 3 is 2.69 bits per heavy atom. The lowest BCUT2D eigenvalue weighted by Gasteiger charge is -2.23. The molecule has 1 heterocycles. The zero-order valence-electron chi connectivity index (χ0n) is 9.76. The number of benzene rings is 1. The van der Waals surface area contributed by atoms with Crippen LogP contribution >= 0.6 is 0 Å². The summed E-state index contributed by atoms with van der Waals surface area (Å²) < 4.78 is 26.4. The molecule has 0 N–H and O–H groups in total. The number of para-hydroxylation sites is 1. The second kappa shape index (κ2) is 4.04. The summed E-state index contributed by atoms with van der Waals surface area (Å²) in [5.41, 5.74) is 3.27. The van der Waals surface area contributed by atoms with Crippen molar-refractivity contribution in [2.45, 2.75) is 32.6 Å². The molecule has 0 atom stereocenters. The number of hydrogen-bond donors (Lipinski definition) is 0. The average Bonchev–Trinajstić information content (AvgIpc) is 2.58. The van der Waals surface area contributed by atoms with E-state index in [1.54, 1.807) is 0 Å². The highest BCUT2D eigenvalue weighted by Crippen LogP contribution is 2.34. The van der Waals surface area contributed by atoms with Gasteiger partial charge in [-0.05, 0) is 24.5 Å². The van der Waals surface area contributed by atoms with Gasteiger partial charge < -0.3 is 4.90 Å². The Labute approximate surface area is 95.1 Å². The molecule has 0 spiro atoms. The van der Waals surface area contributed by atoms with Gasteiger partial charge in [0.2, 0.25) is 0 Å². The van der Waals surface area contributed by atoms with E-state index in [2.05, 4.69) is 6.92 Å². The minimum Gasteiger partial charge on any atom is -0.365 e. The van der Waals surface area contributed by atoms with E-state index in [9.17, 15) is 8.78 Å². The van der Waals surface area contributed by atoms with E-state index in [0.29, 0.717) is 6.54 Å². The molecule has 1 nitrogen and oxygen atoms in total. The zero-order valence-corrected chi connectivity index (χ0v) is 9.76. The molecule has 0 aliphatic carbocycles. The molecule has 1 aromatic rings. The van der Waals surface area contributed by atoms with Crippen molar-refractivity contribution in [1.29, 1.82) is 0 Å². The van der Waals surface area contributed by atoms with Gasteiger partial charge in [-0.25, -0.2) is 8.78 Å². The molecule has 0 unspecified atom stereocenters. The summed E-state index contributed by atoms with van der Waals surface area (Å²) in [6.45, 7) is 4.38. The van der Waals surface area contributed by atoms with E-state index in [4.69, 9.17) is 0 Å². The van der Waals surface area contributed by atoms with Gasteiger partial charge in [0.15, 0.2) is 0 Å². The summed E-state index contributed by atoms with van der Waals surface area (Å²) >= 11 is 0. The summed E-state index contributed by atoms with van der Waals surface area (Å²) in [4.78, 5) is 1.83. The van der Waals surface area contributed by atoms with Crippen LogP contribution in [0.25, 0.3) is 0 Å². The van der Waals surface area contributed by atoms with Gasteiger partial charge in [-0.3, -0.25) is 0 Å². The molecule has 1 aliphatic rings. The number of hydrogen-bond acceptors (Lipinski definition) is 1. The summed E-state index contributed by atoms with van der Waals surface area (Å²) in [6, 6.07) is 6.01. The van der Waals surface area contributed by atoms with Crippen LogP contribution < -0.4 is 4.90 Å². The molecular weight excluding hydrogens is 208 g/mol. The van der Waals surface area contributed by atoms with Crippen LogP contribution in [0.1, 0.15) is 24.5 Å². The fourth-order valence-corrected chi connectivity index (χ4v) is 2.38. The maximum atomic E-state index is 13.2. The molecule has 0 aromatic heterocycles. The number of rotatable bonds is 2. The summed E-state index contributed by atoms with van der Waals surface area (Å²) in [5.74, 6) is -2.52. The number of nitrogens with zero attached hydrogens (tertiary/aromatic N) is 1. The topological polar surface area (TPSA) is 3.24 Å².